The average Bonchev–Trinajstić information content (AvgIpc) is 3.27. The van der Waals surface area contributed by atoms with Crippen LogP contribution in [0.4, 0.5) is 0 Å². The molecule has 1 N–H and O–H groups in total. The molecule has 0 aromatic heterocycles. The van der Waals surface area contributed by atoms with E-state index in [4.69, 9.17) is 14.6 Å². The number of fused-ring (bicyclic) bond motifs is 2. The molecular formula is C30H46N2O6. The predicted octanol–water partition coefficient (Wildman–Crippen LogP) is 3.77. The summed E-state index contributed by atoms with van der Waals surface area (Å²) < 4.78 is 12.7. The first-order valence-corrected chi connectivity index (χ1v) is 14.9. The van der Waals surface area contributed by atoms with Gasteiger partial charge in [0.15, 0.2) is 0 Å². The van der Waals surface area contributed by atoms with Crippen LogP contribution in [0.25, 0.3) is 0 Å². The fourth-order valence-corrected chi connectivity index (χ4v) is 6.83. The Morgan fingerprint density at radius 3 is 2.47 bits per heavy atom. The van der Waals surface area contributed by atoms with E-state index in [0.29, 0.717) is 32.7 Å². The number of amides is 2. The van der Waals surface area contributed by atoms with Crippen molar-refractivity contribution in [2.24, 2.45) is 11.8 Å². The first-order valence-electron chi connectivity index (χ1n) is 14.9. The van der Waals surface area contributed by atoms with Crippen LogP contribution in [-0.4, -0.2) is 82.8 Å². The minimum atomic E-state index is -1.21. The smallest absolute Gasteiger partial charge is 0.313 e. The van der Waals surface area contributed by atoms with Crippen molar-refractivity contribution in [2.45, 2.75) is 102 Å². The molecule has 0 radical (unpaired) electrons. The highest BCUT2D eigenvalue weighted by Crippen LogP contribution is 2.58. The van der Waals surface area contributed by atoms with Gasteiger partial charge in [-0.3, -0.25) is 14.4 Å². The number of rotatable bonds is 11. The number of esters is 1. The zero-order valence-electron chi connectivity index (χ0n) is 23.2. The molecule has 38 heavy (non-hydrogen) atoms. The van der Waals surface area contributed by atoms with Crippen molar-refractivity contribution < 1.29 is 29.0 Å². The molecule has 8 nitrogen and oxygen atoms in total. The topological polar surface area (TPSA) is 96.4 Å². The van der Waals surface area contributed by atoms with Crippen LogP contribution in [-0.2, 0) is 23.9 Å². The number of cyclic esters (lactones) is 1. The van der Waals surface area contributed by atoms with Crippen molar-refractivity contribution in [3.8, 4) is 0 Å². The van der Waals surface area contributed by atoms with Gasteiger partial charge in [-0.25, -0.2) is 0 Å². The van der Waals surface area contributed by atoms with Gasteiger partial charge in [-0.1, -0.05) is 63.8 Å². The van der Waals surface area contributed by atoms with E-state index >= 15 is 0 Å². The number of aliphatic hydroxyl groups excluding tert-OH is 1. The van der Waals surface area contributed by atoms with Gasteiger partial charge >= 0.3 is 5.97 Å². The van der Waals surface area contributed by atoms with Gasteiger partial charge in [0, 0.05) is 26.2 Å². The summed E-state index contributed by atoms with van der Waals surface area (Å²) >= 11 is 0. The van der Waals surface area contributed by atoms with E-state index in [1.54, 1.807) is 4.90 Å². The normalized spacial score (nSPS) is 34.0. The van der Waals surface area contributed by atoms with E-state index in [2.05, 4.69) is 13.0 Å². The van der Waals surface area contributed by atoms with E-state index in [9.17, 15) is 14.4 Å². The van der Waals surface area contributed by atoms with Crippen LogP contribution in [0, 0.1) is 11.8 Å². The molecule has 0 bridgehead atoms. The Labute approximate surface area is 227 Å². The largest absolute Gasteiger partial charge is 0.465 e. The van der Waals surface area contributed by atoms with Gasteiger partial charge in [0.1, 0.15) is 23.2 Å². The standard InChI is InChI=1S/C30H46N2O6/c1-3-5-11-18-31-19-15-17-30-23(26(34)32(25(30)27(31)35)20-12-7-8-13-21-33)24-28(36)37-22-14-9-6-10-16-29(24,4-2)38-30/h10,15-17,23-25,33H,3-9,11-14,18-22H2,1-2H3/b16-10-/t23-,24+,25?,29-,30-/m0/s1. The third-order valence-corrected chi connectivity index (χ3v) is 8.81. The Morgan fingerprint density at radius 1 is 0.921 bits per heavy atom. The van der Waals surface area contributed by atoms with Crippen LogP contribution in [0.5, 0.6) is 0 Å². The van der Waals surface area contributed by atoms with Crippen molar-refractivity contribution in [2.75, 3.05) is 32.8 Å². The van der Waals surface area contributed by atoms with Gasteiger partial charge in [0.25, 0.3) is 0 Å². The van der Waals surface area contributed by atoms with Crippen LogP contribution in [0.1, 0.15) is 84.5 Å². The number of nitrogens with zero attached hydrogens (tertiary/aromatic N) is 2. The van der Waals surface area contributed by atoms with Gasteiger partial charge in [0.2, 0.25) is 11.8 Å². The van der Waals surface area contributed by atoms with Crippen molar-refractivity contribution >= 4 is 17.8 Å². The molecule has 5 atom stereocenters. The summed E-state index contributed by atoms with van der Waals surface area (Å²) in [4.78, 5) is 45.7. The first kappa shape index (κ1) is 28.8. The molecule has 0 aromatic rings. The Morgan fingerprint density at radius 2 is 1.71 bits per heavy atom. The fraction of sp³-hybridized carbons (Fsp3) is 0.767. The quantitative estimate of drug-likeness (QED) is 0.248. The third kappa shape index (κ3) is 5.31. The number of carbonyl (C=O) groups is 3. The van der Waals surface area contributed by atoms with Gasteiger partial charge in [-0.2, -0.15) is 0 Å². The summed E-state index contributed by atoms with van der Waals surface area (Å²) in [5.74, 6) is -2.29. The lowest BCUT2D eigenvalue weighted by Gasteiger charge is -2.38. The number of unbranched alkanes of at least 4 members (excludes halogenated alkanes) is 5. The van der Waals surface area contributed by atoms with Gasteiger partial charge < -0.3 is 24.4 Å². The lowest BCUT2D eigenvalue weighted by molar-refractivity contribution is -0.161. The number of allylic oxidation sites excluding steroid dienone is 1. The zero-order chi connectivity index (χ0) is 27.2. The Kier molecular flexibility index (Phi) is 9.69. The number of ether oxygens (including phenoxy) is 2. The predicted molar refractivity (Wildman–Crippen MR) is 144 cm³/mol. The molecular weight excluding hydrogens is 484 g/mol. The van der Waals surface area contributed by atoms with Crippen LogP contribution in [0.3, 0.4) is 0 Å². The lowest BCUT2D eigenvalue weighted by atomic mass is 9.73. The first-order chi connectivity index (χ1) is 18.5. The monoisotopic (exact) mass is 530 g/mol. The highest BCUT2D eigenvalue weighted by atomic mass is 16.6. The molecule has 1 spiro atoms. The van der Waals surface area contributed by atoms with Crippen molar-refractivity contribution in [1.82, 2.24) is 9.80 Å². The van der Waals surface area contributed by atoms with Crippen molar-refractivity contribution in [1.29, 1.82) is 0 Å². The molecule has 4 rings (SSSR count). The second-order valence-corrected chi connectivity index (χ2v) is 11.3. The summed E-state index contributed by atoms with van der Waals surface area (Å²) in [6, 6.07) is -0.805. The Bertz CT molecular complexity index is 918. The second kappa shape index (κ2) is 12.8. The Hall–Kier alpha value is -2.19. The molecule has 0 aliphatic carbocycles. The molecule has 2 saturated heterocycles. The number of aliphatic hydroxyl groups is 1. The van der Waals surface area contributed by atoms with Gasteiger partial charge in [0.05, 0.1) is 12.5 Å². The van der Waals surface area contributed by atoms with E-state index < -0.39 is 35.0 Å². The minimum absolute atomic E-state index is 0.0929. The van der Waals surface area contributed by atoms with Crippen molar-refractivity contribution in [3.63, 3.8) is 0 Å². The molecule has 4 heterocycles. The number of hydrogen-bond donors (Lipinski definition) is 1. The average molecular weight is 531 g/mol. The molecule has 212 valence electrons. The molecule has 2 fully saturated rings. The summed E-state index contributed by atoms with van der Waals surface area (Å²) in [5.41, 5.74) is -2.21. The van der Waals surface area contributed by atoms with Crippen LogP contribution in [0.15, 0.2) is 24.3 Å². The highest BCUT2D eigenvalue weighted by Gasteiger charge is 2.75. The number of likely N-dealkylation sites (tertiary alicyclic amines) is 1. The highest BCUT2D eigenvalue weighted by molar-refractivity contribution is 5.99. The van der Waals surface area contributed by atoms with E-state index in [-0.39, 0.29) is 18.4 Å². The SMILES string of the molecule is CCCCCN1CC=C[C@]23O[C@@]4(CC)/C=C\CCCCOC(=O)[C@H]4[C@H]2C(=O)N(CCCCCCO)C3C1=O. The zero-order valence-corrected chi connectivity index (χ0v) is 23.2. The lowest BCUT2D eigenvalue weighted by Crippen LogP contribution is -2.56. The maximum Gasteiger partial charge on any atom is 0.313 e. The molecule has 8 heteroatoms. The van der Waals surface area contributed by atoms with Crippen LogP contribution < -0.4 is 0 Å². The van der Waals surface area contributed by atoms with E-state index in [1.165, 1.54) is 0 Å². The maximum atomic E-state index is 14.3. The summed E-state index contributed by atoms with van der Waals surface area (Å²) in [6.07, 6.45) is 17.2. The molecule has 1 unspecified atom stereocenters. The van der Waals surface area contributed by atoms with Crippen LogP contribution in [0.2, 0.25) is 0 Å². The molecule has 0 aromatic carbocycles. The number of hydrogen-bond acceptors (Lipinski definition) is 6. The summed E-state index contributed by atoms with van der Waals surface area (Å²) in [7, 11) is 0. The maximum absolute atomic E-state index is 14.3. The molecule has 4 aliphatic rings. The molecule has 0 saturated carbocycles. The Balaban J connectivity index is 1.74. The van der Waals surface area contributed by atoms with Gasteiger partial charge in [-0.15, -0.1) is 0 Å². The van der Waals surface area contributed by atoms with Gasteiger partial charge in [-0.05, 0) is 44.9 Å². The molecule has 4 aliphatic heterocycles. The summed E-state index contributed by atoms with van der Waals surface area (Å²) in [6.45, 7) is 6.13. The number of carbonyl (C=O) groups excluding carboxylic acids is 3. The second-order valence-electron chi connectivity index (χ2n) is 11.3. The third-order valence-electron chi connectivity index (χ3n) is 8.81. The van der Waals surface area contributed by atoms with E-state index in [0.717, 1.165) is 64.2 Å². The van der Waals surface area contributed by atoms with E-state index in [1.807, 2.05) is 30.1 Å². The van der Waals surface area contributed by atoms with Crippen LogP contribution >= 0.6 is 0 Å². The minimum Gasteiger partial charge on any atom is -0.465 e. The summed E-state index contributed by atoms with van der Waals surface area (Å²) in [5, 5.41) is 9.14. The van der Waals surface area contributed by atoms with Crippen molar-refractivity contribution in [3.05, 3.63) is 24.3 Å². The molecule has 2 amide bonds. The fourth-order valence-electron chi connectivity index (χ4n) is 6.83.